The minimum atomic E-state index is -0.674. The van der Waals surface area contributed by atoms with Gasteiger partial charge in [-0.05, 0) is 18.6 Å². The van der Waals surface area contributed by atoms with E-state index in [0.717, 1.165) is 0 Å². The van der Waals surface area contributed by atoms with Crippen LogP contribution in [0.2, 0.25) is 0 Å². The molecule has 1 unspecified atom stereocenters. The van der Waals surface area contributed by atoms with Crippen LogP contribution in [-0.4, -0.2) is 0 Å². The fourth-order valence-electron chi connectivity index (χ4n) is 1.25. The third kappa shape index (κ3) is 2.30. The summed E-state index contributed by atoms with van der Waals surface area (Å²) in [5.41, 5.74) is 5.53. The van der Waals surface area contributed by atoms with Crippen molar-refractivity contribution < 1.29 is 8.78 Å². The van der Waals surface area contributed by atoms with Crippen LogP contribution in [0.15, 0.2) is 18.2 Å². The van der Waals surface area contributed by atoms with Gasteiger partial charge in [0.2, 0.25) is 0 Å². The maximum atomic E-state index is 13.2. The molecule has 0 aliphatic carbocycles. The second kappa shape index (κ2) is 4.73. The third-order valence-electron chi connectivity index (χ3n) is 1.97. The summed E-state index contributed by atoms with van der Waals surface area (Å²) in [5, 5.41) is 0. The van der Waals surface area contributed by atoms with Gasteiger partial charge in [0, 0.05) is 18.0 Å². The number of hydrogen-bond donors (Lipinski definition) is 1. The van der Waals surface area contributed by atoms with Gasteiger partial charge < -0.3 is 5.73 Å². The van der Waals surface area contributed by atoms with Gasteiger partial charge in [0.25, 0.3) is 0 Å². The van der Waals surface area contributed by atoms with Crippen molar-refractivity contribution in [2.45, 2.75) is 18.9 Å². The number of rotatable bonds is 3. The summed E-state index contributed by atoms with van der Waals surface area (Å²) < 4.78 is 26.3. The third-order valence-corrected chi connectivity index (χ3v) is 1.97. The summed E-state index contributed by atoms with van der Waals surface area (Å²) in [6.45, 7) is 0. The lowest BCUT2D eigenvalue weighted by Gasteiger charge is -2.11. The van der Waals surface area contributed by atoms with E-state index in [4.69, 9.17) is 12.2 Å². The van der Waals surface area contributed by atoms with Gasteiger partial charge in [-0.3, -0.25) is 0 Å². The topological polar surface area (TPSA) is 26.0 Å². The molecule has 1 atom stereocenters. The summed E-state index contributed by atoms with van der Waals surface area (Å²) in [4.78, 5) is 0. The molecule has 0 radical (unpaired) electrons. The van der Waals surface area contributed by atoms with Crippen molar-refractivity contribution in [2.75, 3.05) is 0 Å². The van der Waals surface area contributed by atoms with Crippen LogP contribution in [0.1, 0.15) is 24.4 Å². The average Bonchev–Trinajstić information content (AvgIpc) is 2.14. The Morgan fingerprint density at radius 1 is 1.36 bits per heavy atom. The van der Waals surface area contributed by atoms with Crippen molar-refractivity contribution in [3.8, 4) is 12.3 Å². The molecule has 0 heterocycles. The Morgan fingerprint density at radius 2 is 1.93 bits per heavy atom. The van der Waals surface area contributed by atoms with E-state index in [2.05, 4.69) is 5.92 Å². The van der Waals surface area contributed by atoms with E-state index in [-0.39, 0.29) is 5.56 Å². The molecular formula is C11H11F2N. The van der Waals surface area contributed by atoms with Crippen molar-refractivity contribution in [3.05, 3.63) is 35.4 Å². The van der Waals surface area contributed by atoms with Gasteiger partial charge >= 0.3 is 0 Å². The van der Waals surface area contributed by atoms with Gasteiger partial charge in [-0.25, -0.2) is 8.78 Å². The zero-order valence-electron chi connectivity index (χ0n) is 7.63. The smallest absolute Gasteiger partial charge is 0.130 e. The number of nitrogens with two attached hydrogens (primary N) is 1. The Kier molecular flexibility index (Phi) is 3.61. The van der Waals surface area contributed by atoms with Crippen LogP contribution < -0.4 is 5.73 Å². The van der Waals surface area contributed by atoms with Gasteiger partial charge in [0.15, 0.2) is 0 Å². The first-order chi connectivity index (χ1) is 6.66. The Balaban J connectivity index is 2.89. The van der Waals surface area contributed by atoms with Crippen LogP contribution in [0.4, 0.5) is 8.78 Å². The summed E-state index contributed by atoms with van der Waals surface area (Å²) in [7, 11) is 0. The number of benzene rings is 1. The molecule has 0 saturated carbocycles. The molecule has 74 valence electrons. The molecule has 1 aromatic carbocycles. The van der Waals surface area contributed by atoms with E-state index in [1.54, 1.807) is 0 Å². The lowest BCUT2D eigenvalue weighted by molar-refractivity contribution is 0.515. The second-order valence-corrected chi connectivity index (χ2v) is 2.98. The molecule has 1 nitrogen and oxygen atoms in total. The molecular weight excluding hydrogens is 184 g/mol. The van der Waals surface area contributed by atoms with Crippen molar-refractivity contribution in [1.82, 2.24) is 0 Å². The van der Waals surface area contributed by atoms with E-state index in [1.165, 1.54) is 18.2 Å². The molecule has 3 heteroatoms. The van der Waals surface area contributed by atoms with E-state index < -0.39 is 17.7 Å². The highest BCUT2D eigenvalue weighted by Gasteiger charge is 2.15. The Morgan fingerprint density at radius 3 is 2.43 bits per heavy atom. The summed E-state index contributed by atoms with van der Waals surface area (Å²) in [6.07, 6.45) is 5.83. The first-order valence-electron chi connectivity index (χ1n) is 4.29. The quantitative estimate of drug-likeness (QED) is 0.736. The normalized spacial score (nSPS) is 12.1. The minimum absolute atomic E-state index is 0.0808. The molecule has 1 rings (SSSR count). The number of halogens is 2. The van der Waals surface area contributed by atoms with Crippen LogP contribution in [0.5, 0.6) is 0 Å². The standard InChI is InChI=1S/C11H11F2N/c1-2-3-7-10(14)11-8(12)5-4-6-9(11)13/h1,4-6,10H,3,7,14H2. The SMILES string of the molecule is C#CCCC(N)c1c(F)cccc1F. The fraction of sp³-hybridized carbons (Fsp3) is 0.273. The first-order valence-corrected chi connectivity index (χ1v) is 4.29. The highest BCUT2D eigenvalue weighted by molar-refractivity contribution is 5.23. The summed E-state index contributed by atoms with van der Waals surface area (Å²) >= 11 is 0. The summed E-state index contributed by atoms with van der Waals surface area (Å²) in [6, 6.07) is 3.01. The minimum Gasteiger partial charge on any atom is -0.324 e. The molecule has 14 heavy (non-hydrogen) atoms. The molecule has 2 N–H and O–H groups in total. The predicted octanol–water partition coefficient (Wildman–Crippen LogP) is 2.38. The van der Waals surface area contributed by atoms with Crippen LogP contribution in [-0.2, 0) is 0 Å². The van der Waals surface area contributed by atoms with Crippen LogP contribution in [0, 0.1) is 24.0 Å². The fourth-order valence-corrected chi connectivity index (χ4v) is 1.25. The summed E-state index contributed by atoms with van der Waals surface area (Å²) in [5.74, 6) is 1.15. The van der Waals surface area contributed by atoms with Crippen molar-refractivity contribution >= 4 is 0 Å². The van der Waals surface area contributed by atoms with E-state index in [1.807, 2.05) is 0 Å². The lowest BCUT2D eigenvalue weighted by Crippen LogP contribution is -2.13. The van der Waals surface area contributed by atoms with Gasteiger partial charge in [-0.1, -0.05) is 6.07 Å². The average molecular weight is 195 g/mol. The van der Waals surface area contributed by atoms with Gasteiger partial charge in [0.1, 0.15) is 11.6 Å². The van der Waals surface area contributed by atoms with Crippen molar-refractivity contribution in [3.63, 3.8) is 0 Å². The molecule has 0 aliphatic heterocycles. The van der Waals surface area contributed by atoms with Crippen LogP contribution >= 0.6 is 0 Å². The zero-order chi connectivity index (χ0) is 10.6. The molecule has 0 bridgehead atoms. The molecule has 1 aromatic rings. The Bertz CT molecular complexity index is 335. The first kappa shape index (κ1) is 10.7. The van der Waals surface area contributed by atoms with Crippen LogP contribution in [0.3, 0.4) is 0 Å². The molecule has 0 saturated heterocycles. The van der Waals surface area contributed by atoms with E-state index in [9.17, 15) is 8.78 Å². The van der Waals surface area contributed by atoms with Gasteiger partial charge in [-0.15, -0.1) is 12.3 Å². The number of hydrogen-bond acceptors (Lipinski definition) is 1. The monoisotopic (exact) mass is 195 g/mol. The molecule has 0 fully saturated rings. The van der Waals surface area contributed by atoms with Crippen molar-refractivity contribution in [1.29, 1.82) is 0 Å². The lowest BCUT2D eigenvalue weighted by atomic mass is 10.0. The van der Waals surface area contributed by atoms with Crippen molar-refractivity contribution in [2.24, 2.45) is 5.73 Å². The predicted molar refractivity (Wildman–Crippen MR) is 51.4 cm³/mol. The van der Waals surface area contributed by atoms with Crippen LogP contribution in [0.25, 0.3) is 0 Å². The molecule has 0 aliphatic rings. The molecule has 0 amide bonds. The molecule has 0 spiro atoms. The highest BCUT2D eigenvalue weighted by atomic mass is 19.1. The Hall–Kier alpha value is -1.40. The highest BCUT2D eigenvalue weighted by Crippen LogP contribution is 2.21. The number of terminal acetylenes is 1. The van der Waals surface area contributed by atoms with Gasteiger partial charge in [-0.2, -0.15) is 0 Å². The second-order valence-electron chi connectivity index (χ2n) is 2.98. The van der Waals surface area contributed by atoms with Gasteiger partial charge in [0.05, 0.1) is 0 Å². The Labute approximate surface area is 81.9 Å². The van der Waals surface area contributed by atoms with E-state index >= 15 is 0 Å². The maximum Gasteiger partial charge on any atom is 0.130 e. The molecule has 0 aromatic heterocycles. The zero-order valence-corrected chi connectivity index (χ0v) is 7.63. The maximum absolute atomic E-state index is 13.2. The van der Waals surface area contributed by atoms with E-state index in [0.29, 0.717) is 12.8 Å². The largest absolute Gasteiger partial charge is 0.324 e.